The summed E-state index contributed by atoms with van der Waals surface area (Å²) in [6.07, 6.45) is 0.930. The fourth-order valence-corrected chi connectivity index (χ4v) is 5.87. The van der Waals surface area contributed by atoms with Crippen LogP contribution in [-0.4, -0.2) is 75.8 Å². The van der Waals surface area contributed by atoms with Crippen LogP contribution in [0.3, 0.4) is 0 Å². The Morgan fingerprint density at radius 1 is 1.38 bits per heavy atom. The zero-order chi connectivity index (χ0) is 23.2. The second-order valence-electron chi connectivity index (χ2n) is 7.26. The van der Waals surface area contributed by atoms with E-state index in [1.165, 1.54) is 31.4 Å². The molecule has 3 aliphatic rings. The average Bonchev–Trinajstić information content (AvgIpc) is 3.48. The van der Waals surface area contributed by atoms with E-state index < -0.39 is 40.6 Å². The molecule has 32 heavy (non-hydrogen) atoms. The van der Waals surface area contributed by atoms with Gasteiger partial charge in [-0.25, -0.2) is 9.78 Å². The standard InChI is InChI=1S/C18H19N5O7S2/c1-29-16(28)18(3-4-18)7-5-31-14-10(13(25)23(14)11(7)15(26)27)21-12(24)9(22-30-2)8-6-32-17(19)20-8/h6,10,14H,3-5H2,1-2H3,(H2,19,20)(H,21,24)(H,26,27)/b22-9-/t10-,14-/m1/s1. The van der Waals surface area contributed by atoms with Gasteiger partial charge in [0, 0.05) is 11.1 Å². The largest absolute Gasteiger partial charge is 0.477 e. The number of carboxylic acid groups (broad SMARTS) is 1. The Labute approximate surface area is 189 Å². The Bertz CT molecular complexity index is 1080. The van der Waals surface area contributed by atoms with Gasteiger partial charge in [-0.2, -0.15) is 0 Å². The summed E-state index contributed by atoms with van der Waals surface area (Å²) in [6, 6.07) is -0.977. The molecule has 2 amide bonds. The van der Waals surface area contributed by atoms with Crippen molar-refractivity contribution in [2.75, 3.05) is 25.7 Å². The third kappa shape index (κ3) is 3.39. The smallest absolute Gasteiger partial charge is 0.352 e. The van der Waals surface area contributed by atoms with Crippen LogP contribution in [-0.2, 0) is 28.8 Å². The molecule has 1 aromatic rings. The van der Waals surface area contributed by atoms with Crippen LogP contribution < -0.4 is 11.1 Å². The molecule has 2 fully saturated rings. The maximum atomic E-state index is 12.9. The van der Waals surface area contributed by atoms with Crippen LogP contribution >= 0.6 is 23.1 Å². The number of methoxy groups -OCH3 is 1. The van der Waals surface area contributed by atoms with Gasteiger partial charge in [0.25, 0.3) is 11.8 Å². The van der Waals surface area contributed by atoms with Crippen LogP contribution in [0.1, 0.15) is 18.5 Å². The Kier molecular flexibility index (Phi) is 5.58. The van der Waals surface area contributed by atoms with Crippen molar-refractivity contribution in [3.05, 3.63) is 22.3 Å². The third-order valence-corrected chi connectivity index (χ3v) is 7.48. The van der Waals surface area contributed by atoms with E-state index in [-0.39, 0.29) is 28.0 Å². The number of oxime groups is 1. The zero-order valence-corrected chi connectivity index (χ0v) is 18.6. The third-order valence-electron chi connectivity index (χ3n) is 5.52. The Morgan fingerprint density at radius 3 is 2.62 bits per heavy atom. The Hall–Kier alpha value is -3.13. The predicted octanol–water partition coefficient (Wildman–Crippen LogP) is -0.232. The number of anilines is 1. The van der Waals surface area contributed by atoms with Crippen LogP contribution in [0.15, 0.2) is 21.8 Å². The van der Waals surface area contributed by atoms with Crippen molar-refractivity contribution in [3.8, 4) is 0 Å². The number of nitrogen functional groups attached to an aromatic ring is 1. The molecule has 1 saturated heterocycles. The number of hydrogen-bond acceptors (Lipinski definition) is 11. The molecule has 0 bridgehead atoms. The normalized spacial score (nSPS) is 23.8. The molecule has 1 saturated carbocycles. The molecule has 0 unspecified atom stereocenters. The highest BCUT2D eigenvalue weighted by atomic mass is 32.2. The molecule has 170 valence electrons. The van der Waals surface area contributed by atoms with Crippen molar-refractivity contribution in [1.82, 2.24) is 15.2 Å². The van der Waals surface area contributed by atoms with Crippen molar-refractivity contribution in [2.45, 2.75) is 24.3 Å². The van der Waals surface area contributed by atoms with Crippen molar-refractivity contribution in [2.24, 2.45) is 10.6 Å². The molecule has 0 aromatic carbocycles. The van der Waals surface area contributed by atoms with Crippen molar-refractivity contribution >= 4 is 57.7 Å². The molecule has 2 atom stereocenters. The minimum Gasteiger partial charge on any atom is -0.477 e. The molecule has 4 N–H and O–H groups in total. The topological polar surface area (TPSA) is 174 Å². The van der Waals surface area contributed by atoms with Crippen LogP contribution in [0, 0.1) is 5.41 Å². The highest BCUT2D eigenvalue weighted by Crippen LogP contribution is 2.57. The minimum absolute atomic E-state index is 0.162. The number of aromatic nitrogens is 1. The lowest BCUT2D eigenvalue weighted by molar-refractivity contribution is -0.151. The first-order valence-electron chi connectivity index (χ1n) is 9.38. The van der Waals surface area contributed by atoms with Crippen LogP contribution in [0.25, 0.3) is 0 Å². The van der Waals surface area contributed by atoms with Gasteiger partial charge < -0.3 is 25.7 Å². The van der Waals surface area contributed by atoms with Crippen molar-refractivity contribution in [3.63, 3.8) is 0 Å². The molecular weight excluding hydrogens is 462 g/mol. The SMILES string of the molecule is CO/N=C(\C(=O)N[C@@H]1C(=O)N2C(C(=O)O)=C(C3(C(=O)OC)CC3)CS[C@H]12)c1csc(N)n1. The number of nitrogens with zero attached hydrogens (tertiary/aromatic N) is 3. The number of hydrogen-bond donors (Lipinski definition) is 3. The van der Waals surface area contributed by atoms with E-state index in [0.717, 1.165) is 16.2 Å². The van der Waals surface area contributed by atoms with E-state index in [4.69, 9.17) is 15.3 Å². The van der Waals surface area contributed by atoms with Gasteiger partial charge in [-0.1, -0.05) is 5.16 Å². The highest BCUT2D eigenvalue weighted by molar-refractivity contribution is 8.00. The van der Waals surface area contributed by atoms with Crippen molar-refractivity contribution in [1.29, 1.82) is 0 Å². The summed E-state index contributed by atoms with van der Waals surface area (Å²) in [4.78, 5) is 59.8. The summed E-state index contributed by atoms with van der Waals surface area (Å²) in [5.74, 6) is -2.90. The molecule has 1 aliphatic carbocycles. The van der Waals surface area contributed by atoms with Crippen molar-refractivity contribution < 1.29 is 33.9 Å². The fraction of sp³-hybridized carbons (Fsp3) is 0.444. The van der Waals surface area contributed by atoms with E-state index in [9.17, 15) is 24.3 Å². The van der Waals surface area contributed by atoms with Gasteiger partial charge in [-0.15, -0.1) is 23.1 Å². The lowest BCUT2D eigenvalue weighted by atomic mass is 9.92. The summed E-state index contributed by atoms with van der Waals surface area (Å²) in [7, 11) is 2.51. The number of aliphatic carboxylic acids is 1. The van der Waals surface area contributed by atoms with Gasteiger partial charge in [0.2, 0.25) is 0 Å². The summed E-state index contributed by atoms with van der Waals surface area (Å²) in [6.45, 7) is 0. The highest BCUT2D eigenvalue weighted by Gasteiger charge is 2.61. The maximum Gasteiger partial charge on any atom is 0.352 e. The summed E-state index contributed by atoms with van der Waals surface area (Å²) in [5.41, 5.74) is 4.79. The second kappa shape index (κ2) is 8.09. The van der Waals surface area contributed by atoms with Gasteiger partial charge >= 0.3 is 11.9 Å². The average molecular weight is 482 g/mol. The number of amides is 2. The molecule has 0 spiro atoms. The monoisotopic (exact) mass is 481 g/mol. The number of rotatable bonds is 7. The molecule has 12 nitrogen and oxygen atoms in total. The summed E-state index contributed by atoms with van der Waals surface area (Å²) in [5, 5.41) is 17.2. The van der Waals surface area contributed by atoms with Gasteiger partial charge in [0.05, 0.1) is 12.5 Å². The number of thioether (sulfide) groups is 1. The molecule has 3 heterocycles. The number of carboxylic acids is 1. The number of thiazole rings is 1. The number of nitrogens with one attached hydrogen (secondary N) is 1. The number of ether oxygens (including phenoxy) is 1. The summed E-state index contributed by atoms with van der Waals surface area (Å²) < 4.78 is 4.86. The second-order valence-corrected chi connectivity index (χ2v) is 9.26. The Morgan fingerprint density at radius 2 is 2.09 bits per heavy atom. The van der Waals surface area contributed by atoms with E-state index >= 15 is 0 Å². The first-order valence-corrected chi connectivity index (χ1v) is 11.3. The lowest BCUT2D eigenvalue weighted by Crippen LogP contribution is -2.71. The molecule has 0 radical (unpaired) electrons. The van der Waals surface area contributed by atoms with Crippen LogP contribution in [0.4, 0.5) is 5.13 Å². The molecular formula is C18H19N5O7S2. The molecule has 14 heteroatoms. The number of fused-ring (bicyclic) bond motifs is 1. The van der Waals surface area contributed by atoms with Crippen LogP contribution in [0.2, 0.25) is 0 Å². The number of nitrogens with two attached hydrogens (primary N) is 1. The van der Waals surface area contributed by atoms with Crippen LogP contribution in [0.5, 0.6) is 0 Å². The number of β-lactam (4-membered cyclic amide) rings is 1. The number of carbonyl (C=O) groups excluding carboxylic acids is 3. The quantitative estimate of drug-likeness (QED) is 0.204. The van der Waals surface area contributed by atoms with E-state index in [2.05, 4.69) is 15.5 Å². The van der Waals surface area contributed by atoms with E-state index in [1.807, 2.05) is 0 Å². The van der Waals surface area contributed by atoms with Gasteiger partial charge in [-0.3, -0.25) is 19.3 Å². The zero-order valence-electron chi connectivity index (χ0n) is 17.0. The van der Waals surface area contributed by atoms with E-state index in [0.29, 0.717) is 18.4 Å². The molecule has 1 aromatic heterocycles. The van der Waals surface area contributed by atoms with E-state index in [1.54, 1.807) is 0 Å². The van der Waals surface area contributed by atoms with Gasteiger partial charge in [-0.05, 0) is 18.4 Å². The fourth-order valence-electron chi connectivity index (χ4n) is 3.84. The molecule has 4 rings (SSSR count). The first kappa shape index (κ1) is 22.1. The van der Waals surface area contributed by atoms with Gasteiger partial charge in [0.1, 0.15) is 29.9 Å². The number of carbonyl (C=O) groups is 4. The predicted molar refractivity (Wildman–Crippen MR) is 113 cm³/mol. The Balaban J connectivity index is 1.57. The summed E-state index contributed by atoms with van der Waals surface area (Å²) >= 11 is 2.38. The number of esters is 1. The molecule has 2 aliphatic heterocycles. The first-order chi connectivity index (χ1) is 15.2. The van der Waals surface area contributed by atoms with Gasteiger partial charge in [0.15, 0.2) is 10.8 Å². The lowest BCUT2D eigenvalue weighted by Gasteiger charge is -2.50. The minimum atomic E-state index is -1.31. The maximum absolute atomic E-state index is 12.9.